The standard InChI is InChI=1S/C17H15ClN4OS/c1-12(16(23)20-14-9-7-13(18)8-10-14)24-17-19-11-22(21-17)15-5-3-2-4-6-15/h2-12H,1H3,(H,20,23)/t12-/m1/s1. The van der Waals surface area contributed by atoms with Crippen LogP contribution in [-0.4, -0.2) is 25.9 Å². The van der Waals surface area contributed by atoms with Crippen LogP contribution in [0.15, 0.2) is 66.1 Å². The van der Waals surface area contributed by atoms with Crippen LogP contribution in [0.3, 0.4) is 0 Å². The normalized spacial score (nSPS) is 11.9. The van der Waals surface area contributed by atoms with Gasteiger partial charge in [-0.25, -0.2) is 9.67 Å². The fraction of sp³-hybridized carbons (Fsp3) is 0.118. The molecule has 1 N–H and O–H groups in total. The van der Waals surface area contributed by atoms with Crippen molar-refractivity contribution in [1.82, 2.24) is 14.8 Å². The van der Waals surface area contributed by atoms with Gasteiger partial charge in [0.25, 0.3) is 0 Å². The first-order valence-corrected chi connectivity index (χ1v) is 8.58. The fourth-order valence-corrected chi connectivity index (χ4v) is 2.85. The van der Waals surface area contributed by atoms with Gasteiger partial charge in [-0.2, -0.15) is 0 Å². The van der Waals surface area contributed by atoms with Crippen molar-refractivity contribution < 1.29 is 4.79 Å². The highest BCUT2D eigenvalue weighted by atomic mass is 35.5. The molecule has 0 aliphatic carbocycles. The summed E-state index contributed by atoms with van der Waals surface area (Å²) < 4.78 is 1.69. The molecule has 0 unspecified atom stereocenters. The van der Waals surface area contributed by atoms with Gasteiger partial charge in [0.05, 0.1) is 10.9 Å². The zero-order valence-corrected chi connectivity index (χ0v) is 14.5. The van der Waals surface area contributed by atoms with Crippen molar-refractivity contribution in [3.05, 3.63) is 65.9 Å². The van der Waals surface area contributed by atoms with Crippen LogP contribution < -0.4 is 5.32 Å². The van der Waals surface area contributed by atoms with Crippen LogP contribution in [-0.2, 0) is 4.79 Å². The summed E-state index contributed by atoms with van der Waals surface area (Å²) in [5, 5.41) is 8.10. The summed E-state index contributed by atoms with van der Waals surface area (Å²) in [5.41, 5.74) is 1.63. The molecule has 0 saturated heterocycles. The second-order valence-corrected chi connectivity index (χ2v) is 6.81. The monoisotopic (exact) mass is 358 g/mol. The molecular weight excluding hydrogens is 344 g/mol. The highest BCUT2D eigenvalue weighted by Crippen LogP contribution is 2.22. The fourth-order valence-electron chi connectivity index (χ4n) is 2.00. The lowest BCUT2D eigenvalue weighted by molar-refractivity contribution is -0.115. The van der Waals surface area contributed by atoms with Gasteiger partial charge in [-0.1, -0.05) is 41.6 Å². The van der Waals surface area contributed by atoms with Gasteiger partial charge in [0, 0.05) is 10.7 Å². The Morgan fingerprint density at radius 3 is 2.58 bits per heavy atom. The zero-order valence-electron chi connectivity index (χ0n) is 12.9. The van der Waals surface area contributed by atoms with Crippen LogP contribution >= 0.6 is 23.4 Å². The Hall–Kier alpha value is -2.31. The van der Waals surface area contributed by atoms with Crippen molar-refractivity contribution >= 4 is 35.0 Å². The molecule has 5 nitrogen and oxygen atoms in total. The number of nitrogens with zero attached hydrogens (tertiary/aromatic N) is 3. The molecule has 0 bridgehead atoms. The number of anilines is 1. The first-order chi connectivity index (χ1) is 11.6. The number of carbonyl (C=O) groups is 1. The number of rotatable bonds is 5. The minimum Gasteiger partial charge on any atom is -0.325 e. The predicted octanol–water partition coefficient (Wildman–Crippen LogP) is 4.04. The van der Waals surface area contributed by atoms with Crippen molar-refractivity contribution in [3.8, 4) is 5.69 Å². The quantitative estimate of drug-likeness (QED) is 0.699. The summed E-state index contributed by atoms with van der Waals surface area (Å²) in [6.45, 7) is 1.82. The summed E-state index contributed by atoms with van der Waals surface area (Å²) in [5.74, 6) is -0.113. The number of hydrogen-bond donors (Lipinski definition) is 1. The van der Waals surface area contributed by atoms with E-state index in [1.165, 1.54) is 11.8 Å². The molecule has 0 aliphatic rings. The zero-order chi connectivity index (χ0) is 16.9. The van der Waals surface area contributed by atoms with Gasteiger partial charge in [0.15, 0.2) is 0 Å². The minimum absolute atomic E-state index is 0.113. The molecule has 1 heterocycles. The summed E-state index contributed by atoms with van der Waals surface area (Å²) >= 11 is 7.14. The van der Waals surface area contributed by atoms with Crippen LogP contribution in [0.2, 0.25) is 5.02 Å². The lowest BCUT2D eigenvalue weighted by Gasteiger charge is -2.10. The van der Waals surface area contributed by atoms with Crippen molar-refractivity contribution in [2.45, 2.75) is 17.3 Å². The van der Waals surface area contributed by atoms with E-state index in [0.717, 1.165) is 5.69 Å². The van der Waals surface area contributed by atoms with Gasteiger partial charge in [-0.05, 0) is 43.3 Å². The average molecular weight is 359 g/mol. The van der Waals surface area contributed by atoms with Gasteiger partial charge >= 0.3 is 0 Å². The lowest BCUT2D eigenvalue weighted by Crippen LogP contribution is -2.22. The number of halogens is 1. The average Bonchev–Trinajstić information content (AvgIpc) is 3.06. The number of thioether (sulfide) groups is 1. The molecule has 0 aliphatic heterocycles. The number of para-hydroxylation sites is 1. The molecule has 1 aromatic heterocycles. The van der Waals surface area contributed by atoms with Gasteiger partial charge in [-0.15, -0.1) is 5.10 Å². The molecule has 7 heteroatoms. The molecule has 122 valence electrons. The van der Waals surface area contributed by atoms with Crippen molar-refractivity contribution in [3.63, 3.8) is 0 Å². The van der Waals surface area contributed by atoms with E-state index in [9.17, 15) is 4.79 Å². The molecular formula is C17H15ClN4OS. The van der Waals surface area contributed by atoms with Crippen molar-refractivity contribution in [1.29, 1.82) is 0 Å². The molecule has 24 heavy (non-hydrogen) atoms. The van der Waals surface area contributed by atoms with E-state index in [4.69, 9.17) is 11.6 Å². The van der Waals surface area contributed by atoms with E-state index in [1.54, 1.807) is 35.3 Å². The van der Waals surface area contributed by atoms with Gasteiger partial charge in [0.2, 0.25) is 11.1 Å². The predicted molar refractivity (Wildman–Crippen MR) is 96.8 cm³/mol. The highest BCUT2D eigenvalue weighted by Gasteiger charge is 2.17. The van der Waals surface area contributed by atoms with E-state index in [2.05, 4.69) is 15.4 Å². The molecule has 0 fully saturated rings. The van der Waals surface area contributed by atoms with Crippen LogP contribution in [0.4, 0.5) is 5.69 Å². The van der Waals surface area contributed by atoms with Crippen LogP contribution in [0.25, 0.3) is 5.69 Å². The number of aromatic nitrogens is 3. The number of carbonyl (C=O) groups excluding carboxylic acids is 1. The molecule has 1 atom stereocenters. The number of benzene rings is 2. The van der Waals surface area contributed by atoms with Crippen molar-refractivity contribution in [2.24, 2.45) is 0 Å². The lowest BCUT2D eigenvalue weighted by atomic mass is 10.3. The summed E-state index contributed by atoms with van der Waals surface area (Å²) in [6, 6.07) is 16.7. The third-order valence-electron chi connectivity index (χ3n) is 3.25. The van der Waals surface area contributed by atoms with E-state index in [1.807, 2.05) is 37.3 Å². The molecule has 3 rings (SSSR count). The Balaban J connectivity index is 1.62. The highest BCUT2D eigenvalue weighted by molar-refractivity contribution is 8.00. The van der Waals surface area contributed by atoms with Gasteiger partial charge < -0.3 is 5.32 Å². The largest absolute Gasteiger partial charge is 0.325 e. The molecule has 0 spiro atoms. The van der Waals surface area contributed by atoms with Crippen LogP contribution in [0.1, 0.15) is 6.92 Å². The maximum Gasteiger partial charge on any atom is 0.237 e. The third-order valence-corrected chi connectivity index (χ3v) is 4.47. The first kappa shape index (κ1) is 16.5. The summed E-state index contributed by atoms with van der Waals surface area (Å²) in [4.78, 5) is 16.5. The Bertz CT molecular complexity index is 820. The van der Waals surface area contributed by atoms with E-state index < -0.39 is 0 Å². The second kappa shape index (κ2) is 7.51. The molecule has 0 saturated carbocycles. The van der Waals surface area contributed by atoms with E-state index >= 15 is 0 Å². The number of amides is 1. The van der Waals surface area contributed by atoms with Crippen molar-refractivity contribution in [2.75, 3.05) is 5.32 Å². The first-order valence-electron chi connectivity index (χ1n) is 7.32. The Morgan fingerprint density at radius 1 is 1.17 bits per heavy atom. The number of nitrogens with one attached hydrogen (secondary N) is 1. The SMILES string of the molecule is C[C@@H](Sc1ncn(-c2ccccc2)n1)C(=O)Nc1ccc(Cl)cc1. The second-order valence-electron chi connectivity index (χ2n) is 5.06. The van der Waals surface area contributed by atoms with E-state index in [-0.39, 0.29) is 11.2 Å². The maximum absolute atomic E-state index is 12.3. The number of hydrogen-bond acceptors (Lipinski definition) is 4. The maximum atomic E-state index is 12.3. The molecule has 1 amide bonds. The smallest absolute Gasteiger partial charge is 0.237 e. The Kier molecular flexibility index (Phi) is 5.17. The molecule has 3 aromatic rings. The summed E-state index contributed by atoms with van der Waals surface area (Å²) in [7, 11) is 0. The van der Waals surface area contributed by atoms with Gasteiger partial charge in [-0.3, -0.25) is 4.79 Å². The van der Waals surface area contributed by atoms with Crippen LogP contribution in [0, 0.1) is 0 Å². The van der Waals surface area contributed by atoms with Crippen LogP contribution in [0.5, 0.6) is 0 Å². The Morgan fingerprint density at radius 2 is 1.88 bits per heavy atom. The Labute approximate surface area is 149 Å². The minimum atomic E-state index is -0.327. The van der Waals surface area contributed by atoms with E-state index in [0.29, 0.717) is 15.9 Å². The molecule has 0 radical (unpaired) electrons. The molecule has 2 aromatic carbocycles. The van der Waals surface area contributed by atoms with Gasteiger partial charge in [0.1, 0.15) is 6.33 Å². The third kappa shape index (κ3) is 4.15. The summed E-state index contributed by atoms with van der Waals surface area (Å²) in [6.07, 6.45) is 1.64. The topological polar surface area (TPSA) is 59.8 Å².